The lowest BCUT2D eigenvalue weighted by atomic mass is 9.68. The molecule has 5 rings (SSSR count). The minimum absolute atomic E-state index is 0.000945. The first-order chi connectivity index (χ1) is 16.2. The number of sulfonamides is 1. The van der Waals surface area contributed by atoms with Gasteiger partial charge in [0.05, 0.1) is 30.2 Å². The number of aliphatic hydroxyl groups is 1. The molecule has 1 atom stereocenters. The summed E-state index contributed by atoms with van der Waals surface area (Å²) in [5.74, 6) is 0.207. The van der Waals surface area contributed by atoms with E-state index in [-0.39, 0.29) is 23.0 Å². The maximum absolute atomic E-state index is 13.7. The molecular weight excluding hydrogens is 457 g/mol. The van der Waals surface area contributed by atoms with Crippen LogP contribution < -0.4 is 4.74 Å². The zero-order valence-electron chi connectivity index (χ0n) is 19.7. The predicted octanol–water partition coefficient (Wildman–Crippen LogP) is 3.03. The summed E-state index contributed by atoms with van der Waals surface area (Å²) < 4.78 is 49.2. The van der Waals surface area contributed by atoms with Gasteiger partial charge in [0, 0.05) is 49.2 Å². The van der Waals surface area contributed by atoms with E-state index in [1.165, 1.54) is 28.1 Å². The van der Waals surface area contributed by atoms with Gasteiger partial charge in [-0.3, -0.25) is 4.90 Å². The lowest BCUT2D eigenvalue weighted by Gasteiger charge is -2.49. The average Bonchev–Trinajstić information content (AvgIpc) is 3.12. The highest BCUT2D eigenvalue weighted by Gasteiger charge is 2.48. The molecule has 182 valence electrons. The van der Waals surface area contributed by atoms with Gasteiger partial charge in [0.2, 0.25) is 10.0 Å². The largest absolute Gasteiger partial charge is 0.497 e. The standard InChI is InChI=1S/C25H30FN3O4S/c1-27-16-25(9-11-29(12-10-25)34(31,32)19-6-4-5-17(26)13-19)23-20-8-7-18(33-3)14-21(20)28(2)24(23)22(27)15-30/h4-8,13-14,22,30H,9-12,15-16H2,1-3H3/t22-/m0/s1. The van der Waals surface area contributed by atoms with Crippen LogP contribution in [0.2, 0.25) is 0 Å². The van der Waals surface area contributed by atoms with Gasteiger partial charge in [-0.2, -0.15) is 4.31 Å². The van der Waals surface area contributed by atoms with Crippen molar-refractivity contribution in [3.05, 3.63) is 59.5 Å². The first kappa shape index (κ1) is 23.3. The van der Waals surface area contributed by atoms with E-state index in [1.807, 2.05) is 26.2 Å². The number of benzene rings is 2. The first-order valence-electron chi connectivity index (χ1n) is 11.5. The number of aryl methyl sites for hydroxylation is 1. The van der Waals surface area contributed by atoms with E-state index >= 15 is 0 Å². The Kier molecular flexibility index (Phi) is 5.71. The van der Waals surface area contributed by atoms with Crippen LogP contribution in [0, 0.1) is 5.82 Å². The molecule has 9 heteroatoms. The molecule has 1 aromatic heterocycles. The van der Waals surface area contributed by atoms with Gasteiger partial charge in [-0.05, 0) is 55.8 Å². The summed E-state index contributed by atoms with van der Waals surface area (Å²) >= 11 is 0. The van der Waals surface area contributed by atoms with Crippen LogP contribution in [0.25, 0.3) is 10.9 Å². The number of likely N-dealkylation sites (N-methyl/N-ethyl adjacent to an activating group) is 1. The second-order valence-corrected chi connectivity index (χ2v) is 11.4. The van der Waals surface area contributed by atoms with E-state index in [9.17, 15) is 17.9 Å². The molecule has 7 nitrogen and oxygen atoms in total. The number of fused-ring (bicyclic) bond motifs is 4. The van der Waals surface area contributed by atoms with Gasteiger partial charge in [-0.25, -0.2) is 12.8 Å². The molecule has 2 aromatic carbocycles. The second-order valence-electron chi connectivity index (χ2n) is 9.46. The normalized spacial score (nSPS) is 21.1. The molecule has 0 amide bonds. The third-order valence-corrected chi connectivity index (χ3v) is 9.56. The molecule has 0 radical (unpaired) electrons. The third kappa shape index (κ3) is 3.45. The van der Waals surface area contributed by atoms with E-state index in [4.69, 9.17) is 4.74 Å². The highest BCUT2D eigenvalue weighted by molar-refractivity contribution is 7.89. The van der Waals surface area contributed by atoms with Gasteiger partial charge in [0.25, 0.3) is 0 Å². The molecule has 0 unspecified atom stereocenters. The first-order valence-corrected chi connectivity index (χ1v) is 12.9. The minimum Gasteiger partial charge on any atom is -0.497 e. The van der Waals surface area contributed by atoms with E-state index in [2.05, 4.69) is 15.5 Å². The Labute approximate surface area is 199 Å². The molecule has 3 heterocycles. The van der Waals surface area contributed by atoms with E-state index in [1.54, 1.807) is 7.11 Å². The number of hydrogen-bond donors (Lipinski definition) is 1. The molecule has 1 saturated heterocycles. The Bertz CT molecular complexity index is 1350. The molecule has 1 N–H and O–H groups in total. The fourth-order valence-corrected chi connectivity index (χ4v) is 7.42. The van der Waals surface area contributed by atoms with Crippen LogP contribution in [0.3, 0.4) is 0 Å². The van der Waals surface area contributed by atoms with E-state index in [0.717, 1.165) is 35.0 Å². The summed E-state index contributed by atoms with van der Waals surface area (Å²) in [5, 5.41) is 11.4. The smallest absolute Gasteiger partial charge is 0.243 e. The molecule has 1 fully saturated rings. The molecule has 0 saturated carbocycles. The fourth-order valence-electron chi connectivity index (χ4n) is 5.95. The molecule has 34 heavy (non-hydrogen) atoms. The van der Waals surface area contributed by atoms with Crippen LogP contribution in [0.15, 0.2) is 47.4 Å². The van der Waals surface area contributed by atoms with Gasteiger partial charge >= 0.3 is 0 Å². The van der Waals surface area contributed by atoms with Crippen molar-refractivity contribution in [2.45, 2.75) is 29.2 Å². The van der Waals surface area contributed by atoms with Gasteiger partial charge in [0.1, 0.15) is 11.6 Å². The Morgan fingerprint density at radius 3 is 2.53 bits per heavy atom. The van der Waals surface area contributed by atoms with Crippen molar-refractivity contribution in [2.24, 2.45) is 7.05 Å². The van der Waals surface area contributed by atoms with Gasteiger partial charge in [-0.15, -0.1) is 0 Å². The predicted molar refractivity (Wildman–Crippen MR) is 128 cm³/mol. The van der Waals surface area contributed by atoms with Crippen LogP contribution >= 0.6 is 0 Å². The highest BCUT2D eigenvalue weighted by atomic mass is 32.2. The minimum atomic E-state index is -3.77. The van der Waals surface area contributed by atoms with Crippen molar-refractivity contribution < 1.29 is 22.7 Å². The van der Waals surface area contributed by atoms with Crippen molar-refractivity contribution >= 4 is 20.9 Å². The highest BCUT2D eigenvalue weighted by Crippen LogP contribution is 2.50. The van der Waals surface area contributed by atoms with Gasteiger partial charge < -0.3 is 14.4 Å². The molecule has 1 spiro atoms. The molecule has 2 aliphatic heterocycles. The van der Waals surface area contributed by atoms with Crippen LogP contribution in [-0.2, 0) is 22.5 Å². The SMILES string of the molecule is COc1ccc2c3c(n(C)c2c1)[C@H](CO)N(C)CC31CCN(S(=O)(=O)c2cccc(F)c2)CC1. The zero-order chi connectivity index (χ0) is 24.3. The van der Waals surface area contributed by atoms with Crippen molar-refractivity contribution in [1.82, 2.24) is 13.8 Å². The van der Waals surface area contributed by atoms with E-state index in [0.29, 0.717) is 25.9 Å². The molecule has 3 aromatic rings. The lowest BCUT2D eigenvalue weighted by molar-refractivity contribution is 0.0775. The number of aliphatic hydroxyl groups excluding tert-OH is 1. The summed E-state index contributed by atoms with van der Waals surface area (Å²) in [7, 11) is 1.90. The summed E-state index contributed by atoms with van der Waals surface area (Å²) in [5.41, 5.74) is 3.05. The number of ether oxygens (including phenoxy) is 1. The van der Waals surface area contributed by atoms with Crippen molar-refractivity contribution in [1.29, 1.82) is 0 Å². The zero-order valence-corrected chi connectivity index (χ0v) is 20.5. The number of halogens is 1. The quantitative estimate of drug-likeness (QED) is 0.612. The van der Waals surface area contributed by atoms with E-state index < -0.39 is 15.8 Å². The molecule has 0 aliphatic carbocycles. The monoisotopic (exact) mass is 487 g/mol. The van der Waals surface area contributed by atoms with Crippen LogP contribution in [0.4, 0.5) is 4.39 Å². The molecule has 0 bridgehead atoms. The van der Waals surface area contributed by atoms with Crippen molar-refractivity contribution in [2.75, 3.05) is 40.4 Å². The Morgan fingerprint density at radius 2 is 1.88 bits per heavy atom. The van der Waals surface area contributed by atoms with Gasteiger partial charge in [-0.1, -0.05) is 6.07 Å². The van der Waals surface area contributed by atoms with Crippen LogP contribution in [0.5, 0.6) is 5.75 Å². The Morgan fingerprint density at radius 1 is 1.15 bits per heavy atom. The number of aromatic nitrogens is 1. The number of piperidine rings is 1. The Balaban J connectivity index is 1.56. The lowest BCUT2D eigenvalue weighted by Crippen LogP contribution is -2.53. The summed E-state index contributed by atoms with van der Waals surface area (Å²) in [6, 6.07) is 11.1. The maximum atomic E-state index is 13.7. The summed E-state index contributed by atoms with van der Waals surface area (Å²) in [6.45, 7) is 1.43. The van der Waals surface area contributed by atoms with Crippen LogP contribution in [0.1, 0.15) is 30.1 Å². The summed E-state index contributed by atoms with van der Waals surface area (Å²) in [6.07, 6.45) is 1.28. The maximum Gasteiger partial charge on any atom is 0.243 e. The van der Waals surface area contributed by atoms with Crippen LogP contribution in [-0.4, -0.2) is 67.7 Å². The third-order valence-electron chi connectivity index (χ3n) is 7.67. The Hall–Kier alpha value is -2.46. The fraction of sp³-hybridized carbons (Fsp3) is 0.440. The van der Waals surface area contributed by atoms with Crippen molar-refractivity contribution in [3.8, 4) is 5.75 Å². The van der Waals surface area contributed by atoms with Crippen molar-refractivity contribution in [3.63, 3.8) is 0 Å². The summed E-state index contributed by atoms with van der Waals surface area (Å²) in [4.78, 5) is 2.16. The number of hydrogen-bond acceptors (Lipinski definition) is 5. The number of rotatable bonds is 4. The second kappa shape index (κ2) is 8.34. The van der Waals surface area contributed by atoms with Gasteiger partial charge in [0.15, 0.2) is 0 Å². The topological polar surface area (TPSA) is 75.0 Å². The number of methoxy groups -OCH3 is 1. The number of nitrogens with zero attached hydrogens (tertiary/aromatic N) is 3. The molecule has 2 aliphatic rings. The average molecular weight is 488 g/mol. The molecular formula is C25H30FN3O4S.